The van der Waals surface area contributed by atoms with E-state index in [9.17, 15) is 25.2 Å². The molecule has 26 heavy (non-hydrogen) atoms. The predicted molar refractivity (Wildman–Crippen MR) is 96.2 cm³/mol. The highest BCUT2D eigenvalue weighted by molar-refractivity contribution is 5.89. The minimum atomic E-state index is -1.52. The number of rotatable bonds is 2. The maximum absolute atomic E-state index is 12.4. The van der Waals surface area contributed by atoms with Crippen molar-refractivity contribution in [1.82, 2.24) is 0 Å². The van der Waals surface area contributed by atoms with Crippen LogP contribution in [-0.4, -0.2) is 50.6 Å². The molecule has 5 nitrogen and oxygen atoms in total. The van der Waals surface area contributed by atoms with Crippen molar-refractivity contribution in [3.05, 3.63) is 0 Å². The van der Waals surface area contributed by atoms with E-state index in [1.54, 1.807) is 0 Å². The molecule has 4 saturated carbocycles. The van der Waals surface area contributed by atoms with Crippen molar-refractivity contribution in [3.8, 4) is 0 Å². The van der Waals surface area contributed by atoms with Crippen LogP contribution in [0.2, 0.25) is 0 Å². The fraction of sp³-hybridized carbons (Fsp3) is 0.952. The van der Waals surface area contributed by atoms with Gasteiger partial charge in [-0.15, -0.1) is 0 Å². The molecule has 0 heterocycles. The molecule has 0 aromatic rings. The minimum Gasteiger partial charge on any atom is -0.393 e. The Morgan fingerprint density at radius 1 is 1.08 bits per heavy atom. The third-order valence-corrected chi connectivity index (χ3v) is 9.33. The van der Waals surface area contributed by atoms with Crippen LogP contribution in [-0.2, 0) is 4.79 Å². The molecule has 0 aromatic heterocycles. The number of carbonyl (C=O) groups excluding carboxylic acids is 1. The third-order valence-electron chi connectivity index (χ3n) is 9.33. The topological polar surface area (TPSA) is 98.0 Å². The standard InChI is InChI=1S/C21H34O5/c1-19-7-5-13(23)9-12(19)3-4-14-15-6-8-21(26,17(25)11-22)20(15,2)10-16(24)18(14)19/h12-16,18,22-24,26H,3-11H2,1-2H3/t12?,13?,14?,15?,16?,18?,19-,20-,21-/m0/s1. The highest BCUT2D eigenvalue weighted by Crippen LogP contribution is 2.68. The smallest absolute Gasteiger partial charge is 0.190 e. The summed E-state index contributed by atoms with van der Waals surface area (Å²) in [4.78, 5) is 12.4. The van der Waals surface area contributed by atoms with Crippen LogP contribution in [0, 0.1) is 34.5 Å². The molecular weight excluding hydrogens is 332 g/mol. The van der Waals surface area contributed by atoms with E-state index in [0.29, 0.717) is 24.7 Å². The van der Waals surface area contributed by atoms with Crippen LogP contribution in [0.25, 0.3) is 0 Å². The molecule has 0 bridgehead atoms. The second kappa shape index (κ2) is 6.00. The predicted octanol–water partition coefficient (Wildman–Crippen LogP) is 1.65. The maximum Gasteiger partial charge on any atom is 0.190 e. The fourth-order valence-corrected chi connectivity index (χ4v) is 7.95. The first kappa shape index (κ1) is 18.9. The van der Waals surface area contributed by atoms with E-state index in [2.05, 4.69) is 6.92 Å². The quantitative estimate of drug-likeness (QED) is 0.596. The molecule has 4 aliphatic rings. The average molecular weight is 366 g/mol. The van der Waals surface area contributed by atoms with Crippen molar-refractivity contribution in [3.63, 3.8) is 0 Å². The lowest BCUT2D eigenvalue weighted by molar-refractivity contribution is -0.202. The number of Topliss-reactive ketones (excluding diaryl/α,β-unsaturated/α-hetero) is 1. The summed E-state index contributed by atoms with van der Waals surface area (Å²) in [6, 6.07) is 0. The Bertz CT molecular complexity index is 593. The van der Waals surface area contributed by atoms with Gasteiger partial charge in [0.05, 0.1) is 12.2 Å². The third kappa shape index (κ3) is 2.27. The van der Waals surface area contributed by atoms with Crippen LogP contribution >= 0.6 is 0 Å². The van der Waals surface area contributed by atoms with Gasteiger partial charge in [-0.1, -0.05) is 13.8 Å². The molecule has 9 atom stereocenters. The van der Waals surface area contributed by atoms with Crippen LogP contribution in [0.15, 0.2) is 0 Å². The number of carbonyl (C=O) groups is 1. The Balaban J connectivity index is 1.69. The van der Waals surface area contributed by atoms with Crippen LogP contribution in [0.3, 0.4) is 0 Å². The molecule has 0 aliphatic heterocycles. The number of ketones is 1. The highest BCUT2D eigenvalue weighted by Gasteiger charge is 2.68. The van der Waals surface area contributed by atoms with Crippen LogP contribution in [0.4, 0.5) is 0 Å². The number of fused-ring (bicyclic) bond motifs is 5. The lowest BCUT2D eigenvalue weighted by Gasteiger charge is -2.62. The normalized spacial score (nSPS) is 56.4. The van der Waals surface area contributed by atoms with Gasteiger partial charge >= 0.3 is 0 Å². The van der Waals surface area contributed by atoms with Gasteiger partial charge < -0.3 is 20.4 Å². The number of hydrogen-bond donors (Lipinski definition) is 4. The summed E-state index contributed by atoms with van der Waals surface area (Å²) in [6.07, 6.45) is 5.48. The summed E-state index contributed by atoms with van der Waals surface area (Å²) >= 11 is 0. The van der Waals surface area contributed by atoms with Crippen molar-refractivity contribution in [1.29, 1.82) is 0 Å². The van der Waals surface area contributed by atoms with Crippen molar-refractivity contribution >= 4 is 5.78 Å². The molecule has 6 unspecified atom stereocenters. The lowest BCUT2D eigenvalue weighted by atomic mass is 9.43. The molecule has 0 radical (unpaired) electrons. The van der Waals surface area contributed by atoms with Crippen molar-refractivity contribution in [2.24, 2.45) is 34.5 Å². The van der Waals surface area contributed by atoms with E-state index < -0.39 is 29.5 Å². The molecule has 0 aromatic carbocycles. The highest BCUT2D eigenvalue weighted by atomic mass is 16.3. The number of hydrogen-bond acceptors (Lipinski definition) is 5. The number of aliphatic hydroxyl groups is 4. The van der Waals surface area contributed by atoms with E-state index in [0.717, 1.165) is 38.5 Å². The largest absolute Gasteiger partial charge is 0.393 e. The molecule has 5 heteroatoms. The monoisotopic (exact) mass is 366 g/mol. The molecule has 0 amide bonds. The Labute approximate surface area is 155 Å². The Morgan fingerprint density at radius 2 is 1.81 bits per heavy atom. The van der Waals surface area contributed by atoms with Crippen molar-refractivity contribution in [2.75, 3.05) is 6.61 Å². The first-order valence-electron chi connectivity index (χ1n) is 10.4. The summed E-state index contributed by atoms with van der Waals surface area (Å²) in [6.45, 7) is 3.61. The second-order valence-electron chi connectivity index (χ2n) is 10.2. The summed E-state index contributed by atoms with van der Waals surface area (Å²) in [5.41, 5.74) is -2.14. The minimum absolute atomic E-state index is 0.0323. The Morgan fingerprint density at radius 3 is 2.50 bits per heavy atom. The summed E-state index contributed by atoms with van der Waals surface area (Å²) in [7, 11) is 0. The second-order valence-corrected chi connectivity index (χ2v) is 10.2. The van der Waals surface area contributed by atoms with E-state index in [4.69, 9.17) is 0 Å². The van der Waals surface area contributed by atoms with E-state index in [1.807, 2.05) is 6.92 Å². The zero-order valence-corrected chi connectivity index (χ0v) is 16.0. The first-order chi connectivity index (χ1) is 12.2. The molecule has 4 rings (SSSR count). The molecule has 4 N–H and O–H groups in total. The van der Waals surface area contributed by atoms with Crippen molar-refractivity contribution < 1.29 is 25.2 Å². The van der Waals surface area contributed by atoms with Crippen LogP contribution in [0.5, 0.6) is 0 Å². The Kier molecular flexibility index (Phi) is 4.35. The van der Waals surface area contributed by atoms with Gasteiger partial charge in [0, 0.05) is 5.41 Å². The molecule has 4 fully saturated rings. The van der Waals surface area contributed by atoms with Gasteiger partial charge in [-0.05, 0) is 80.5 Å². The van der Waals surface area contributed by atoms with Gasteiger partial charge in [-0.2, -0.15) is 0 Å². The molecule has 4 aliphatic carbocycles. The molecule has 0 saturated heterocycles. The fourth-order valence-electron chi connectivity index (χ4n) is 7.95. The van der Waals surface area contributed by atoms with E-state index >= 15 is 0 Å². The van der Waals surface area contributed by atoms with Crippen LogP contribution < -0.4 is 0 Å². The summed E-state index contributed by atoms with van der Waals surface area (Å²) in [5, 5.41) is 41.9. The first-order valence-corrected chi connectivity index (χ1v) is 10.4. The zero-order valence-electron chi connectivity index (χ0n) is 16.0. The zero-order chi connectivity index (χ0) is 18.9. The van der Waals surface area contributed by atoms with Crippen molar-refractivity contribution in [2.45, 2.75) is 83.0 Å². The SMILES string of the molecule is C[C@]12CCC(O)CC1CCC1C2C(O)C[C@@]2(C)C1CC[C@]2(O)C(=O)CO. The van der Waals surface area contributed by atoms with Gasteiger partial charge in [0.1, 0.15) is 12.2 Å². The van der Waals surface area contributed by atoms with Gasteiger partial charge in [-0.25, -0.2) is 0 Å². The maximum atomic E-state index is 12.4. The molecule has 148 valence electrons. The summed E-state index contributed by atoms with van der Waals surface area (Å²) in [5.74, 6) is 0.653. The van der Waals surface area contributed by atoms with E-state index in [-0.39, 0.29) is 23.4 Å². The van der Waals surface area contributed by atoms with Gasteiger partial charge in [-0.3, -0.25) is 4.79 Å². The van der Waals surface area contributed by atoms with Gasteiger partial charge in [0.15, 0.2) is 5.78 Å². The Hall–Kier alpha value is -0.490. The van der Waals surface area contributed by atoms with Gasteiger partial charge in [0.2, 0.25) is 0 Å². The lowest BCUT2D eigenvalue weighted by Crippen LogP contribution is -2.63. The molecule has 0 spiro atoms. The average Bonchev–Trinajstić information content (AvgIpc) is 2.86. The summed E-state index contributed by atoms with van der Waals surface area (Å²) < 4.78 is 0. The van der Waals surface area contributed by atoms with E-state index in [1.165, 1.54) is 0 Å². The molecular formula is C21H34O5. The van der Waals surface area contributed by atoms with Gasteiger partial charge in [0.25, 0.3) is 0 Å². The number of aliphatic hydroxyl groups excluding tert-OH is 3. The van der Waals surface area contributed by atoms with Crippen LogP contribution in [0.1, 0.15) is 65.2 Å².